The summed E-state index contributed by atoms with van der Waals surface area (Å²) >= 11 is 0. The van der Waals surface area contributed by atoms with E-state index in [-0.39, 0.29) is 30.5 Å². The molecule has 136 valence electrons. The van der Waals surface area contributed by atoms with Crippen LogP contribution in [0.4, 0.5) is 8.78 Å². The quantitative estimate of drug-likeness (QED) is 0.836. The molecule has 4 heterocycles. The second-order valence-electron chi connectivity index (χ2n) is 7.35. The monoisotopic (exact) mass is 350 g/mol. The maximum Gasteiger partial charge on any atom is 0.248 e. The molecule has 0 saturated carbocycles. The van der Waals surface area contributed by atoms with E-state index in [4.69, 9.17) is 4.74 Å². The van der Waals surface area contributed by atoms with Crippen molar-refractivity contribution in [1.82, 2.24) is 9.80 Å². The molecule has 6 heteroatoms. The molecule has 0 spiro atoms. The molecule has 4 aliphatic heterocycles. The Balaban J connectivity index is 1.67. The molecule has 0 N–H and O–H groups in total. The number of hydrogen-bond donors (Lipinski definition) is 0. The number of rotatable bonds is 4. The second kappa shape index (κ2) is 6.65. The minimum Gasteiger partial charge on any atom is -0.372 e. The number of hydrogen-bond acceptors (Lipinski definition) is 3. The van der Waals surface area contributed by atoms with Crippen LogP contribution in [0.15, 0.2) is 18.2 Å². The van der Waals surface area contributed by atoms with Gasteiger partial charge in [0.25, 0.3) is 0 Å². The Morgan fingerprint density at radius 3 is 2.48 bits per heavy atom. The summed E-state index contributed by atoms with van der Waals surface area (Å²) in [4.78, 5) is 17.0. The van der Waals surface area contributed by atoms with Gasteiger partial charge >= 0.3 is 0 Å². The number of carbonyl (C=O) groups excluding carboxylic acids is 1. The Kier molecular flexibility index (Phi) is 4.50. The first-order chi connectivity index (χ1) is 12.1. The number of carbonyl (C=O) groups is 1. The fraction of sp³-hybridized carbons (Fsp3) is 0.632. The highest BCUT2D eigenvalue weighted by molar-refractivity contribution is 5.78. The van der Waals surface area contributed by atoms with Crippen LogP contribution in [0.1, 0.15) is 31.2 Å². The van der Waals surface area contributed by atoms with Crippen molar-refractivity contribution in [2.45, 2.75) is 37.8 Å². The number of likely N-dealkylation sites (tertiary alicyclic amines) is 1. The predicted molar refractivity (Wildman–Crippen MR) is 89.2 cm³/mol. The lowest BCUT2D eigenvalue weighted by Crippen LogP contribution is -2.61. The van der Waals surface area contributed by atoms with Crippen molar-refractivity contribution < 1.29 is 18.3 Å². The van der Waals surface area contributed by atoms with Crippen LogP contribution in [0.2, 0.25) is 0 Å². The predicted octanol–water partition coefficient (Wildman–Crippen LogP) is 2.39. The number of ether oxygens (including phenoxy) is 1. The Morgan fingerprint density at radius 2 is 1.84 bits per heavy atom. The average Bonchev–Trinajstić information content (AvgIpc) is 3.03. The smallest absolute Gasteiger partial charge is 0.248 e. The Hall–Kier alpha value is -1.53. The van der Waals surface area contributed by atoms with Gasteiger partial charge in [-0.1, -0.05) is 0 Å². The van der Waals surface area contributed by atoms with Gasteiger partial charge in [-0.2, -0.15) is 0 Å². The molecule has 0 radical (unpaired) electrons. The molecule has 1 aromatic rings. The summed E-state index contributed by atoms with van der Waals surface area (Å²) in [5, 5.41) is 0. The van der Waals surface area contributed by atoms with Gasteiger partial charge < -0.3 is 9.64 Å². The molecule has 1 amide bonds. The van der Waals surface area contributed by atoms with Gasteiger partial charge in [-0.25, -0.2) is 8.78 Å². The first-order valence-electron chi connectivity index (χ1n) is 9.15. The van der Waals surface area contributed by atoms with Gasteiger partial charge in [-0.15, -0.1) is 0 Å². The van der Waals surface area contributed by atoms with E-state index >= 15 is 0 Å². The number of piperidine rings is 3. The van der Waals surface area contributed by atoms with Crippen LogP contribution < -0.4 is 0 Å². The molecule has 4 nitrogen and oxygen atoms in total. The van der Waals surface area contributed by atoms with E-state index < -0.39 is 11.6 Å². The van der Waals surface area contributed by atoms with Gasteiger partial charge in [0.1, 0.15) is 18.2 Å². The van der Waals surface area contributed by atoms with Crippen LogP contribution >= 0.6 is 0 Å². The molecular formula is C19H24F2N2O2. The van der Waals surface area contributed by atoms with Gasteiger partial charge in [0, 0.05) is 31.2 Å². The molecule has 1 aromatic carbocycles. The first kappa shape index (κ1) is 16.9. The minimum absolute atomic E-state index is 0.00928. The zero-order chi connectivity index (χ0) is 17.6. The molecule has 0 aromatic heterocycles. The molecule has 0 unspecified atom stereocenters. The van der Waals surface area contributed by atoms with Gasteiger partial charge in [0.2, 0.25) is 5.91 Å². The van der Waals surface area contributed by atoms with Crippen molar-refractivity contribution >= 4 is 5.91 Å². The lowest BCUT2D eigenvalue weighted by molar-refractivity contribution is -0.140. The van der Waals surface area contributed by atoms with E-state index in [1.54, 1.807) is 0 Å². The maximum atomic E-state index is 13.8. The Morgan fingerprint density at radius 1 is 1.16 bits per heavy atom. The number of nitrogens with zero attached hydrogens (tertiary/aromatic N) is 2. The van der Waals surface area contributed by atoms with Crippen LogP contribution in [-0.4, -0.2) is 60.6 Å². The van der Waals surface area contributed by atoms with Crippen molar-refractivity contribution in [3.05, 3.63) is 35.4 Å². The van der Waals surface area contributed by atoms with Crippen molar-refractivity contribution in [1.29, 1.82) is 0 Å². The molecule has 3 atom stereocenters. The molecule has 4 fully saturated rings. The molecule has 2 bridgehead atoms. The Labute approximate surface area is 146 Å². The molecule has 0 aliphatic carbocycles. The van der Waals surface area contributed by atoms with E-state index in [1.165, 1.54) is 12.1 Å². The standard InChI is InChI=1S/C19H24F2N2O2/c1-2-25-11-17(24)23-10-16(13-7-14(20)9-15(21)8-13)19-18(23)12-3-5-22(19)6-4-12/h7-9,12,16,18-19H,2-6,10-11H2,1H3/t16-,18-,19-/m1/s1. The third kappa shape index (κ3) is 2.95. The highest BCUT2D eigenvalue weighted by Gasteiger charge is 2.54. The largest absolute Gasteiger partial charge is 0.372 e. The first-order valence-corrected chi connectivity index (χ1v) is 9.15. The highest BCUT2D eigenvalue weighted by Crippen LogP contribution is 2.46. The van der Waals surface area contributed by atoms with Crippen molar-refractivity contribution in [2.24, 2.45) is 5.92 Å². The molecule has 4 saturated heterocycles. The van der Waals surface area contributed by atoms with E-state index in [9.17, 15) is 13.6 Å². The van der Waals surface area contributed by atoms with Gasteiger partial charge in [-0.3, -0.25) is 9.69 Å². The third-order valence-electron chi connectivity index (χ3n) is 6.06. The van der Waals surface area contributed by atoms with Crippen LogP contribution in [0.5, 0.6) is 0 Å². The zero-order valence-electron chi connectivity index (χ0n) is 14.5. The number of amides is 1. The molecule has 4 aliphatic rings. The van der Waals surface area contributed by atoms with Gasteiger partial charge in [0.05, 0.1) is 6.04 Å². The highest BCUT2D eigenvalue weighted by atomic mass is 19.1. The average molecular weight is 350 g/mol. The van der Waals surface area contributed by atoms with E-state index in [1.807, 2.05) is 11.8 Å². The third-order valence-corrected chi connectivity index (χ3v) is 6.06. The summed E-state index contributed by atoms with van der Waals surface area (Å²) in [7, 11) is 0. The molecule has 25 heavy (non-hydrogen) atoms. The van der Waals surface area contributed by atoms with Crippen molar-refractivity contribution in [3.8, 4) is 0 Å². The second-order valence-corrected chi connectivity index (χ2v) is 7.35. The zero-order valence-corrected chi connectivity index (χ0v) is 14.5. The summed E-state index contributed by atoms with van der Waals surface area (Å²) in [5.41, 5.74) is 0.659. The number of benzene rings is 1. The van der Waals surface area contributed by atoms with Crippen LogP contribution in [0, 0.1) is 17.6 Å². The van der Waals surface area contributed by atoms with Crippen molar-refractivity contribution in [3.63, 3.8) is 0 Å². The fourth-order valence-corrected chi connectivity index (χ4v) is 5.06. The van der Waals surface area contributed by atoms with E-state index in [2.05, 4.69) is 4.90 Å². The van der Waals surface area contributed by atoms with E-state index in [0.717, 1.165) is 32.0 Å². The minimum atomic E-state index is -0.554. The number of fused-ring (bicyclic) bond motifs is 2. The van der Waals surface area contributed by atoms with Crippen LogP contribution in [0.25, 0.3) is 0 Å². The van der Waals surface area contributed by atoms with E-state index in [0.29, 0.717) is 24.6 Å². The summed E-state index contributed by atoms with van der Waals surface area (Å²) in [5.74, 6) is -0.693. The van der Waals surface area contributed by atoms with Gasteiger partial charge in [-0.05, 0) is 56.5 Å². The lowest BCUT2D eigenvalue weighted by atomic mass is 9.75. The van der Waals surface area contributed by atoms with Crippen LogP contribution in [-0.2, 0) is 9.53 Å². The molecular weight excluding hydrogens is 326 g/mol. The lowest BCUT2D eigenvalue weighted by Gasteiger charge is -2.51. The van der Waals surface area contributed by atoms with Crippen LogP contribution in [0.3, 0.4) is 0 Å². The summed E-state index contributed by atoms with van der Waals surface area (Å²) < 4.78 is 32.8. The normalized spacial score (nSPS) is 33.6. The summed E-state index contributed by atoms with van der Waals surface area (Å²) in [6.07, 6.45) is 2.17. The van der Waals surface area contributed by atoms with Gasteiger partial charge in [0.15, 0.2) is 0 Å². The number of halogens is 2. The summed E-state index contributed by atoms with van der Waals surface area (Å²) in [6, 6.07) is 4.03. The SMILES string of the molecule is CCOCC(=O)N1C[C@H](c2cc(F)cc(F)c2)[C@@H]2[C@H]1C1CCN2CC1. The molecule has 5 rings (SSSR count). The fourth-order valence-electron chi connectivity index (χ4n) is 5.06. The topological polar surface area (TPSA) is 32.8 Å². The Bertz CT molecular complexity index is 641. The van der Waals surface area contributed by atoms with Crippen molar-refractivity contribution in [2.75, 3.05) is 32.8 Å². The summed E-state index contributed by atoms with van der Waals surface area (Å²) in [6.45, 7) is 4.98. The maximum absolute atomic E-state index is 13.8.